The van der Waals surface area contributed by atoms with E-state index >= 15 is 4.79 Å². The summed E-state index contributed by atoms with van der Waals surface area (Å²) in [5, 5.41) is 36.1. The summed E-state index contributed by atoms with van der Waals surface area (Å²) in [7, 11) is 0. The molecule has 5 rings (SSSR count). The molecule has 10 atom stereocenters. The fourth-order valence-corrected chi connectivity index (χ4v) is 9.30. The summed E-state index contributed by atoms with van der Waals surface area (Å²) < 4.78 is 18.1. The van der Waals surface area contributed by atoms with Gasteiger partial charge < -0.3 is 29.5 Å². The molecular weight excluding hydrogens is 652 g/mol. The number of allylic oxidation sites excluding steroid dienone is 1. The first-order valence-electron chi connectivity index (χ1n) is 18.7. The third-order valence-electron chi connectivity index (χ3n) is 12.7. The van der Waals surface area contributed by atoms with Gasteiger partial charge in [0.05, 0.1) is 16.9 Å². The molecule has 280 valence electrons. The second-order valence-corrected chi connectivity index (χ2v) is 16.1. The summed E-state index contributed by atoms with van der Waals surface area (Å²) in [4.78, 5) is 55.0. The maximum Gasteiger partial charge on any atom is 0.338 e. The number of ketones is 1. The number of carbonyl (C=O) groups excluding carboxylic acids is 4. The largest absolute Gasteiger partial charge is 0.461 e. The molecule has 0 radical (unpaired) electrons. The van der Waals surface area contributed by atoms with E-state index in [1.807, 2.05) is 20.8 Å². The second kappa shape index (κ2) is 14.6. The summed E-state index contributed by atoms with van der Waals surface area (Å²) in [5.41, 5.74) is -5.70. The quantitative estimate of drug-likeness (QED) is 0.0973. The number of aliphatic hydroxyl groups excluding tert-OH is 2. The van der Waals surface area contributed by atoms with E-state index in [9.17, 15) is 29.7 Å². The van der Waals surface area contributed by atoms with Crippen molar-refractivity contribution in [3.8, 4) is 0 Å². The van der Waals surface area contributed by atoms with Crippen LogP contribution in [0.25, 0.3) is 0 Å². The number of hydrogen-bond acceptors (Lipinski definition) is 10. The minimum absolute atomic E-state index is 0.0145. The Hall–Kier alpha value is -3.34. The smallest absolute Gasteiger partial charge is 0.338 e. The summed E-state index contributed by atoms with van der Waals surface area (Å²) in [5.74, 6) is -4.90. The lowest BCUT2D eigenvalue weighted by atomic mass is 9.59. The normalized spacial score (nSPS) is 35.7. The lowest BCUT2D eigenvalue weighted by molar-refractivity contribution is -0.192. The van der Waals surface area contributed by atoms with Crippen molar-refractivity contribution in [2.24, 2.45) is 40.4 Å². The number of Topliss-reactive ketones (excluding diaryl/α,β-unsaturated/α-hetero) is 1. The van der Waals surface area contributed by atoms with Crippen LogP contribution < -0.4 is 0 Å². The van der Waals surface area contributed by atoms with Crippen LogP contribution in [0.15, 0.2) is 53.6 Å². The molecule has 0 unspecified atom stereocenters. The van der Waals surface area contributed by atoms with Gasteiger partial charge in [-0.2, -0.15) is 0 Å². The zero-order chi connectivity index (χ0) is 37.5. The van der Waals surface area contributed by atoms with Crippen molar-refractivity contribution in [3.05, 3.63) is 59.2 Å². The number of esters is 3. The van der Waals surface area contributed by atoms with Gasteiger partial charge in [0, 0.05) is 23.7 Å². The fraction of sp³-hybridized carbons (Fsp3) is 0.659. The average Bonchev–Trinajstić information content (AvgIpc) is 3.56. The van der Waals surface area contributed by atoms with Crippen LogP contribution >= 0.6 is 0 Å². The Balaban J connectivity index is 1.58. The van der Waals surface area contributed by atoms with Crippen molar-refractivity contribution in [1.82, 2.24) is 0 Å². The van der Waals surface area contributed by atoms with E-state index in [0.717, 1.165) is 25.7 Å². The molecule has 10 heteroatoms. The topological polar surface area (TPSA) is 157 Å². The van der Waals surface area contributed by atoms with Gasteiger partial charge in [0.2, 0.25) is 0 Å². The molecule has 0 aliphatic heterocycles. The summed E-state index contributed by atoms with van der Waals surface area (Å²) in [6.07, 6.45) is 4.70. The van der Waals surface area contributed by atoms with Crippen molar-refractivity contribution in [2.45, 2.75) is 117 Å². The Bertz CT molecular complexity index is 1560. The monoisotopic (exact) mass is 708 g/mol. The van der Waals surface area contributed by atoms with Gasteiger partial charge in [-0.05, 0) is 54.9 Å². The van der Waals surface area contributed by atoms with Gasteiger partial charge in [0.1, 0.15) is 36.6 Å². The first-order chi connectivity index (χ1) is 24.0. The van der Waals surface area contributed by atoms with Crippen LogP contribution in [0.1, 0.15) is 104 Å². The van der Waals surface area contributed by atoms with Crippen LogP contribution in [0.2, 0.25) is 0 Å². The van der Waals surface area contributed by atoms with Crippen LogP contribution in [-0.2, 0) is 28.6 Å². The van der Waals surface area contributed by atoms with Crippen molar-refractivity contribution in [3.63, 3.8) is 0 Å². The Labute approximate surface area is 301 Å². The van der Waals surface area contributed by atoms with Crippen molar-refractivity contribution >= 4 is 23.7 Å². The molecule has 0 amide bonds. The number of unbranched alkanes of at least 4 members (excludes halogenated alkanes) is 4. The van der Waals surface area contributed by atoms with Crippen molar-refractivity contribution in [2.75, 3.05) is 13.2 Å². The number of hydrogen-bond donors (Lipinski definition) is 3. The Kier molecular flexibility index (Phi) is 11.1. The molecule has 2 bridgehead atoms. The molecule has 10 nitrogen and oxygen atoms in total. The standard InChI is InChI=1S/C41H56O10/c1-8-9-10-11-15-18-31(42)51-40-21-26(5)39-20-25(4)33(43)41(39,48)34(44)29(22-49-36(46)27(6)24(2)3)19-30(35(39)45)32(40)38(40,7)23-50-37(47)28-16-13-12-14-17-28/h12-14,16-17,19-20,24,26-27,30,32-34,43-44,48H,8-11,15,18,21-23H2,1-7H3/t26-,27-,30+,32-,33+,34-,38+,39+,40+,41-/m1/s1. The number of aliphatic hydroxyl groups is 3. The summed E-state index contributed by atoms with van der Waals surface area (Å²) >= 11 is 0. The molecule has 51 heavy (non-hydrogen) atoms. The third kappa shape index (κ3) is 6.29. The second-order valence-electron chi connectivity index (χ2n) is 16.1. The zero-order valence-electron chi connectivity index (χ0n) is 31.1. The maximum atomic E-state index is 15.1. The lowest BCUT2D eigenvalue weighted by Crippen LogP contribution is -2.65. The highest BCUT2D eigenvalue weighted by molar-refractivity contribution is 5.96. The van der Waals surface area contributed by atoms with E-state index in [4.69, 9.17) is 14.2 Å². The van der Waals surface area contributed by atoms with Crippen LogP contribution in [0, 0.1) is 40.4 Å². The van der Waals surface area contributed by atoms with E-state index in [1.165, 1.54) is 6.08 Å². The van der Waals surface area contributed by atoms with E-state index < -0.39 is 88.2 Å². The minimum Gasteiger partial charge on any atom is -0.461 e. The zero-order valence-corrected chi connectivity index (χ0v) is 31.1. The highest BCUT2D eigenvalue weighted by Crippen LogP contribution is 2.75. The first kappa shape index (κ1) is 38.9. The third-order valence-corrected chi connectivity index (χ3v) is 12.7. The van der Waals surface area contributed by atoms with Gasteiger partial charge in [-0.15, -0.1) is 0 Å². The van der Waals surface area contributed by atoms with Crippen LogP contribution in [0.5, 0.6) is 0 Å². The Morgan fingerprint density at radius 1 is 0.980 bits per heavy atom. The fourth-order valence-electron chi connectivity index (χ4n) is 9.30. The highest BCUT2D eigenvalue weighted by Gasteiger charge is 2.85. The van der Waals surface area contributed by atoms with Crippen molar-refractivity contribution < 1.29 is 48.7 Å². The molecule has 1 spiro atoms. The Morgan fingerprint density at radius 2 is 1.65 bits per heavy atom. The summed E-state index contributed by atoms with van der Waals surface area (Å²) in [6, 6.07) is 8.53. The van der Waals surface area contributed by atoms with Crippen molar-refractivity contribution in [1.29, 1.82) is 0 Å². The SMILES string of the molecule is CCCCCCCC(=O)O[C@@]12C[C@@H](C)[C@]34C=C(C)[C@H](O)[C@@]3(O)[C@H](O)C(COC(=O)[C@H](C)C(C)C)=C[C@H](C4=O)[C@@H]1[C@]2(C)COC(=O)c1ccccc1. The predicted octanol–water partition coefficient (Wildman–Crippen LogP) is 5.52. The maximum absolute atomic E-state index is 15.1. The van der Waals surface area contributed by atoms with Gasteiger partial charge in [-0.3, -0.25) is 14.4 Å². The molecule has 4 aliphatic carbocycles. The van der Waals surface area contributed by atoms with E-state index in [1.54, 1.807) is 57.2 Å². The van der Waals surface area contributed by atoms with E-state index in [2.05, 4.69) is 6.92 Å². The summed E-state index contributed by atoms with van der Waals surface area (Å²) in [6.45, 7) is 12.3. The molecule has 4 aliphatic rings. The molecule has 2 fully saturated rings. The first-order valence-corrected chi connectivity index (χ1v) is 18.7. The molecule has 1 aromatic rings. The Morgan fingerprint density at radius 3 is 2.29 bits per heavy atom. The molecule has 3 N–H and O–H groups in total. The van der Waals surface area contributed by atoms with Gasteiger partial charge in [-0.25, -0.2) is 4.79 Å². The van der Waals surface area contributed by atoms with Gasteiger partial charge in [-0.1, -0.05) is 97.6 Å². The van der Waals surface area contributed by atoms with Crippen LogP contribution in [-0.4, -0.2) is 75.6 Å². The molecule has 0 aromatic heterocycles. The van der Waals surface area contributed by atoms with Gasteiger partial charge in [0.25, 0.3) is 0 Å². The van der Waals surface area contributed by atoms with Crippen LogP contribution in [0.4, 0.5) is 0 Å². The lowest BCUT2D eigenvalue weighted by Gasteiger charge is -2.48. The van der Waals surface area contributed by atoms with Gasteiger partial charge in [0.15, 0.2) is 5.78 Å². The number of benzene rings is 1. The average molecular weight is 709 g/mol. The molecule has 0 saturated heterocycles. The number of carbonyl (C=O) groups is 4. The number of rotatable bonds is 14. The predicted molar refractivity (Wildman–Crippen MR) is 189 cm³/mol. The minimum atomic E-state index is -2.39. The van der Waals surface area contributed by atoms with E-state index in [-0.39, 0.29) is 30.9 Å². The van der Waals surface area contributed by atoms with Gasteiger partial charge >= 0.3 is 17.9 Å². The molecule has 1 aromatic carbocycles. The molecular formula is C41H56O10. The number of ether oxygens (including phenoxy) is 3. The van der Waals surface area contributed by atoms with E-state index in [0.29, 0.717) is 17.6 Å². The number of fused-ring (bicyclic) bond motifs is 3. The van der Waals surface area contributed by atoms with Crippen LogP contribution in [0.3, 0.4) is 0 Å². The molecule has 2 saturated carbocycles. The molecule has 0 heterocycles. The highest BCUT2D eigenvalue weighted by atomic mass is 16.6.